The van der Waals surface area contributed by atoms with Crippen LogP contribution < -0.4 is 14.4 Å². The van der Waals surface area contributed by atoms with Gasteiger partial charge in [0.25, 0.3) is 10.0 Å². The van der Waals surface area contributed by atoms with E-state index in [-0.39, 0.29) is 11.4 Å². The minimum Gasteiger partial charge on any atom is -0.494 e. The van der Waals surface area contributed by atoms with Gasteiger partial charge in [-0.25, -0.2) is 12.8 Å². The Morgan fingerprint density at radius 1 is 1.07 bits per heavy atom. The van der Waals surface area contributed by atoms with E-state index in [0.717, 1.165) is 29.3 Å². The molecule has 0 aliphatic carbocycles. The van der Waals surface area contributed by atoms with Crippen molar-refractivity contribution in [2.45, 2.75) is 31.6 Å². The van der Waals surface area contributed by atoms with E-state index in [2.05, 4.69) is 5.32 Å². The molecule has 152 valence electrons. The van der Waals surface area contributed by atoms with Gasteiger partial charge in [0.1, 0.15) is 18.1 Å². The van der Waals surface area contributed by atoms with Crippen LogP contribution in [0.2, 0.25) is 0 Å². The highest BCUT2D eigenvalue weighted by molar-refractivity contribution is 7.92. The van der Waals surface area contributed by atoms with Gasteiger partial charge in [-0.05, 0) is 61.9 Å². The number of carbonyl (C=O) groups excluding carboxylic acids is 1. The molecule has 2 rings (SSSR count). The first-order valence-electron chi connectivity index (χ1n) is 9.16. The zero-order valence-corrected chi connectivity index (χ0v) is 16.8. The molecular formula is C20H25FN2O4S. The van der Waals surface area contributed by atoms with Crippen LogP contribution in [0, 0.1) is 5.82 Å². The average molecular weight is 408 g/mol. The Bertz CT molecular complexity index is 868. The first kappa shape index (κ1) is 21.7. The van der Waals surface area contributed by atoms with E-state index < -0.39 is 21.7 Å². The third kappa shape index (κ3) is 5.69. The number of unbranched alkanes of at least 4 members (excludes halogenated alkanes) is 1. The fourth-order valence-electron chi connectivity index (χ4n) is 2.52. The van der Waals surface area contributed by atoms with E-state index in [4.69, 9.17) is 4.74 Å². The highest BCUT2D eigenvalue weighted by Crippen LogP contribution is 2.26. The first-order valence-corrected chi connectivity index (χ1v) is 10.6. The van der Waals surface area contributed by atoms with E-state index >= 15 is 0 Å². The van der Waals surface area contributed by atoms with Crippen LogP contribution in [0.1, 0.15) is 26.7 Å². The lowest BCUT2D eigenvalue weighted by Crippen LogP contribution is -2.41. The normalized spacial score (nSPS) is 11.1. The molecule has 0 fully saturated rings. The summed E-state index contributed by atoms with van der Waals surface area (Å²) in [7, 11) is -4.06. The van der Waals surface area contributed by atoms with E-state index in [1.165, 1.54) is 12.1 Å². The topological polar surface area (TPSA) is 75.7 Å². The molecule has 1 N–H and O–H groups in total. The molecule has 0 saturated carbocycles. The number of rotatable bonds is 10. The molecule has 2 aromatic carbocycles. The Balaban J connectivity index is 2.34. The van der Waals surface area contributed by atoms with Crippen molar-refractivity contribution in [3.63, 3.8) is 0 Å². The number of nitrogens with one attached hydrogen (secondary N) is 1. The van der Waals surface area contributed by atoms with Crippen molar-refractivity contribution >= 4 is 21.6 Å². The van der Waals surface area contributed by atoms with Crippen LogP contribution in [0.25, 0.3) is 0 Å². The summed E-state index contributed by atoms with van der Waals surface area (Å²) in [4.78, 5) is 12.2. The van der Waals surface area contributed by atoms with Gasteiger partial charge < -0.3 is 10.1 Å². The number of hydrogen-bond acceptors (Lipinski definition) is 4. The highest BCUT2D eigenvalue weighted by Gasteiger charge is 2.27. The fourth-order valence-corrected chi connectivity index (χ4v) is 3.94. The zero-order chi connectivity index (χ0) is 20.6. The van der Waals surface area contributed by atoms with E-state index in [1.807, 2.05) is 13.8 Å². The van der Waals surface area contributed by atoms with Crippen molar-refractivity contribution in [3.05, 3.63) is 54.3 Å². The van der Waals surface area contributed by atoms with Gasteiger partial charge in [-0.15, -0.1) is 0 Å². The van der Waals surface area contributed by atoms with Crippen molar-refractivity contribution in [2.24, 2.45) is 0 Å². The molecule has 0 radical (unpaired) electrons. The molecule has 2 aromatic rings. The highest BCUT2D eigenvalue weighted by atomic mass is 32.2. The molecule has 6 nitrogen and oxygen atoms in total. The number of halogens is 1. The third-order valence-corrected chi connectivity index (χ3v) is 5.77. The quantitative estimate of drug-likeness (QED) is 0.612. The summed E-state index contributed by atoms with van der Waals surface area (Å²) >= 11 is 0. The fraction of sp³-hybridized carbons (Fsp3) is 0.350. The average Bonchev–Trinajstić information content (AvgIpc) is 2.67. The number of amides is 1. The second kappa shape index (κ2) is 10.1. The molecule has 0 spiro atoms. The summed E-state index contributed by atoms with van der Waals surface area (Å²) in [5, 5.41) is 2.72. The molecule has 0 atom stereocenters. The van der Waals surface area contributed by atoms with E-state index in [9.17, 15) is 17.6 Å². The Labute approximate surface area is 165 Å². The number of benzene rings is 2. The van der Waals surface area contributed by atoms with Gasteiger partial charge >= 0.3 is 0 Å². The lowest BCUT2D eigenvalue weighted by atomic mass is 10.3. The first-order chi connectivity index (χ1) is 13.4. The second-order valence-corrected chi connectivity index (χ2v) is 7.96. The number of carbonyl (C=O) groups is 1. The standard InChI is InChI=1S/C20H25FN2O4S/c1-3-5-14-22-20(24)15-23(17-8-10-18(11-9-17)27-4-2)28(25,26)19-12-6-16(21)7-13-19/h6-13H,3-5,14-15H2,1-2H3,(H,22,24). The van der Waals surface area contributed by atoms with Crippen LogP contribution >= 0.6 is 0 Å². The maximum Gasteiger partial charge on any atom is 0.264 e. The maximum atomic E-state index is 13.2. The molecule has 0 saturated heterocycles. The Morgan fingerprint density at radius 3 is 2.29 bits per heavy atom. The molecule has 0 heterocycles. The van der Waals surface area contributed by atoms with Gasteiger partial charge in [0.05, 0.1) is 17.2 Å². The van der Waals surface area contributed by atoms with Gasteiger partial charge in [0.2, 0.25) is 5.91 Å². The third-order valence-electron chi connectivity index (χ3n) is 3.98. The minimum atomic E-state index is -4.06. The summed E-state index contributed by atoms with van der Waals surface area (Å²) in [5.74, 6) is -0.352. The van der Waals surface area contributed by atoms with Crippen LogP contribution in [0.5, 0.6) is 5.75 Å². The lowest BCUT2D eigenvalue weighted by Gasteiger charge is -2.24. The number of sulfonamides is 1. The maximum absolute atomic E-state index is 13.2. The van der Waals surface area contributed by atoms with Crippen LogP contribution in [-0.2, 0) is 14.8 Å². The molecule has 1 amide bonds. The number of ether oxygens (including phenoxy) is 1. The molecule has 0 aromatic heterocycles. The van der Waals surface area contributed by atoms with Crippen molar-refractivity contribution in [3.8, 4) is 5.75 Å². The number of hydrogen-bond donors (Lipinski definition) is 1. The summed E-state index contributed by atoms with van der Waals surface area (Å²) in [6.45, 7) is 4.43. The van der Waals surface area contributed by atoms with Crippen LogP contribution in [-0.4, -0.2) is 34.0 Å². The predicted octanol–water partition coefficient (Wildman–Crippen LogP) is 3.34. The smallest absolute Gasteiger partial charge is 0.264 e. The minimum absolute atomic E-state index is 0.0934. The predicted molar refractivity (Wildman–Crippen MR) is 106 cm³/mol. The van der Waals surface area contributed by atoms with Crippen LogP contribution in [0.4, 0.5) is 10.1 Å². The largest absolute Gasteiger partial charge is 0.494 e. The molecule has 0 aliphatic rings. The van der Waals surface area contributed by atoms with Gasteiger partial charge in [-0.1, -0.05) is 13.3 Å². The van der Waals surface area contributed by atoms with E-state index in [0.29, 0.717) is 24.6 Å². The molecule has 0 bridgehead atoms. The Hall–Kier alpha value is -2.61. The summed E-state index contributed by atoms with van der Waals surface area (Å²) in [6, 6.07) is 10.9. The molecule has 0 unspecified atom stereocenters. The zero-order valence-electron chi connectivity index (χ0n) is 16.0. The summed E-state index contributed by atoms with van der Waals surface area (Å²) in [5.41, 5.74) is 0.318. The van der Waals surface area contributed by atoms with Gasteiger partial charge in [0.15, 0.2) is 0 Å². The Morgan fingerprint density at radius 2 is 1.71 bits per heavy atom. The summed E-state index contributed by atoms with van der Waals surface area (Å²) in [6.07, 6.45) is 1.72. The number of anilines is 1. The SMILES string of the molecule is CCCCNC(=O)CN(c1ccc(OCC)cc1)S(=O)(=O)c1ccc(F)cc1. The second-order valence-electron chi connectivity index (χ2n) is 6.10. The van der Waals surface area contributed by atoms with Gasteiger partial charge in [0, 0.05) is 6.54 Å². The van der Waals surface area contributed by atoms with Gasteiger partial charge in [-0.2, -0.15) is 0 Å². The Kier molecular flexibility index (Phi) is 7.80. The monoisotopic (exact) mass is 408 g/mol. The van der Waals surface area contributed by atoms with Crippen LogP contribution in [0.15, 0.2) is 53.4 Å². The van der Waals surface area contributed by atoms with E-state index in [1.54, 1.807) is 24.3 Å². The van der Waals surface area contributed by atoms with Crippen molar-refractivity contribution in [1.82, 2.24) is 5.32 Å². The molecule has 0 aliphatic heterocycles. The van der Waals surface area contributed by atoms with Crippen LogP contribution in [0.3, 0.4) is 0 Å². The summed E-state index contributed by atoms with van der Waals surface area (Å²) < 4.78 is 45.8. The van der Waals surface area contributed by atoms with Crippen molar-refractivity contribution in [1.29, 1.82) is 0 Å². The molecule has 28 heavy (non-hydrogen) atoms. The number of nitrogens with zero attached hydrogens (tertiary/aromatic N) is 1. The van der Waals surface area contributed by atoms with Gasteiger partial charge in [-0.3, -0.25) is 9.10 Å². The molecular weight excluding hydrogens is 383 g/mol. The lowest BCUT2D eigenvalue weighted by molar-refractivity contribution is -0.119. The van der Waals surface area contributed by atoms with Crippen molar-refractivity contribution in [2.75, 3.05) is 24.0 Å². The van der Waals surface area contributed by atoms with Crippen molar-refractivity contribution < 1.29 is 22.3 Å². The molecule has 8 heteroatoms.